The van der Waals surface area contributed by atoms with E-state index in [-0.39, 0.29) is 12.2 Å². The zero-order valence-corrected chi connectivity index (χ0v) is 22.7. The van der Waals surface area contributed by atoms with Crippen molar-refractivity contribution < 1.29 is 18.6 Å². The molecule has 3 fully saturated rings. The number of rotatable bonds is 8. The van der Waals surface area contributed by atoms with Crippen LogP contribution < -0.4 is 10.6 Å². The van der Waals surface area contributed by atoms with E-state index in [0.717, 1.165) is 64.1 Å². The standard InChI is InChI=1S/C25H32N6O4S2/c1-12-18(23-30-20-16(36-23)8-9-26-19(20)13-4-5-13)22(31-24(27-12)28-15-6-7-15)29-17-10-14(11-37(3,34)35)21(32)25(17,2)33/h8-9,13-15,17,21,32-33H,4-7,10-11H2,1-3H3,(H2,27,28,29,31)/t14-,17-,21-,25+/m1/s1. The molecule has 3 saturated carbocycles. The number of thiazole rings is 1. The van der Waals surface area contributed by atoms with Gasteiger partial charge >= 0.3 is 0 Å². The molecule has 0 radical (unpaired) electrons. The smallest absolute Gasteiger partial charge is 0.225 e. The minimum atomic E-state index is -3.33. The summed E-state index contributed by atoms with van der Waals surface area (Å²) in [5.41, 5.74) is 1.87. The third-order valence-corrected chi connectivity index (χ3v) is 9.70. The minimum absolute atomic E-state index is 0.193. The van der Waals surface area contributed by atoms with E-state index in [0.29, 0.717) is 23.7 Å². The van der Waals surface area contributed by atoms with Crippen LogP contribution in [0.3, 0.4) is 0 Å². The number of nitrogens with zero attached hydrogens (tertiary/aromatic N) is 4. The molecule has 10 nitrogen and oxygen atoms in total. The quantitative estimate of drug-likeness (QED) is 0.333. The number of nitrogens with one attached hydrogen (secondary N) is 2. The summed E-state index contributed by atoms with van der Waals surface area (Å²) in [6, 6.07) is 1.71. The number of aryl methyl sites for hydroxylation is 1. The van der Waals surface area contributed by atoms with Crippen molar-refractivity contribution in [3.8, 4) is 10.6 Å². The average Bonchev–Trinajstić information content (AvgIpc) is 3.73. The number of aliphatic hydroxyl groups excluding tert-OH is 1. The number of sulfone groups is 1. The predicted molar refractivity (Wildman–Crippen MR) is 144 cm³/mol. The maximum Gasteiger partial charge on any atom is 0.225 e. The van der Waals surface area contributed by atoms with Gasteiger partial charge in [-0.15, -0.1) is 11.3 Å². The lowest BCUT2D eigenvalue weighted by Crippen LogP contribution is -2.48. The first kappa shape index (κ1) is 24.9. The van der Waals surface area contributed by atoms with E-state index in [9.17, 15) is 18.6 Å². The third kappa shape index (κ3) is 4.91. The van der Waals surface area contributed by atoms with Crippen LogP contribution in [-0.4, -0.2) is 74.4 Å². The molecule has 198 valence electrons. The Bertz CT molecular complexity index is 1470. The fraction of sp³-hybridized carbons (Fsp3) is 0.600. The number of hydrogen-bond donors (Lipinski definition) is 4. The Morgan fingerprint density at radius 3 is 2.59 bits per heavy atom. The molecule has 0 saturated heterocycles. The number of pyridine rings is 1. The maximum atomic E-state index is 12.0. The highest BCUT2D eigenvalue weighted by Gasteiger charge is 2.51. The van der Waals surface area contributed by atoms with Gasteiger partial charge in [0.25, 0.3) is 0 Å². The van der Waals surface area contributed by atoms with E-state index in [1.807, 2.05) is 19.2 Å². The third-order valence-electron chi connectivity index (χ3n) is 7.63. The Kier molecular flexibility index (Phi) is 5.94. The van der Waals surface area contributed by atoms with Crippen LogP contribution in [0.1, 0.15) is 56.3 Å². The summed E-state index contributed by atoms with van der Waals surface area (Å²) in [5, 5.41) is 29.5. The molecule has 6 rings (SSSR count). The molecule has 0 aromatic carbocycles. The van der Waals surface area contributed by atoms with E-state index in [1.165, 1.54) is 0 Å². The second-order valence-electron chi connectivity index (χ2n) is 11.1. The molecular weight excluding hydrogens is 512 g/mol. The summed E-state index contributed by atoms with van der Waals surface area (Å²) in [7, 11) is -3.33. The Labute approximate surface area is 219 Å². The number of hydrogen-bond acceptors (Lipinski definition) is 11. The molecule has 3 heterocycles. The van der Waals surface area contributed by atoms with Gasteiger partial charge in [-0.25, -0.2) is 18.4 Å². The zero-order chi connectivity index (χ0) is 26.1. The highest BCUT2D eigenvalue weighted by atomic mass is 32.2. The van der Waals surface area contributed by atoms with Crippen molar-refractivity contribution in [1.29, 1.82) is 0 Å². The Hall–Kier alpha value is -2.41. The van der Waals surface area contributed by atoms with Crippen molar-refractivity contribution in [3.05, 3.63) is 23.7 Å². The molecule has 0 aliphatic heterocycles. The summed E-state index contributed by atoms with van der Waals surface area (Å²) in [6.07, 6.45) is 6.47. The molecule has 0 bridgehead atoms. The Morgan fingerprint density at radius 2 is 1.92 bits per heavy atom. The molecular formula is C25H32N6O4S2. The molecule has 4 atom stereocenters. The van der Waals surface area contributed by atoms with Gasteiger partial charge in [-0.1, -0.05) is 0 Å². The van der Waals surface area contributed by atoms with E-state index in [1.54, 1.807) is 18.3 Å². The monoisotopic (exact) mass is 544 g/mol. The number of anilines is 2. The first-order valence-corrected chi connectivity index (χ1v) is 15.6. The van der Waals surface area contributed by atoms with Gasteiger partial charge in [0.1, 0.15) is 31.8 Å². The van der Waals surface area contributed by atoms with E-state index >= 15 is 0 Å². The Morgan fingerprint density at radius 1 is 1.16 bits per heavy atom. The minimum Gasteiger partial charge on any atom is -0.390 e. The highest BCUT2D eigenvalue weighted by molar-refractivity contribution is 7.90. The summed E-state index contributed by atoms with van der Waals surface area (Å²) in [4.78, 5) is 19.1. The average molecular weight is 545 g/mol. The molecule has 3 aromatic rings. The van der Waals surface area contributed by atoms with Crippen molar-refractivity contribution in [1.82, 2.24) is 19.9 Å². The van der Waals surface area contributed by atoms with Gasteiger partial charge in [0.15, 0.2) is 0 Å². The van der Waals surface area contributed by atoms with Gasteiger partial charge in [-0.3, -0.25) is 4.98 Å². The second kappa shape index (κ2) is 8.82. The summed E-state index contributed by atoms with van der Waals surface area (Å²) in [5.74, 6) is 0.682. The molecule has 3 aliphatic rings. The molecule has 0 amide bonds. The molecule has 37 heavy (non-hydrogen) atoms. The van der Waals surface area contributed by atoms with E-state index < -0.39 is 33.5 Å². The Balaban J connectivity index is 1.40. The first-order valence-electron chi connectivity index (χ1n) is 12.8. The van der Waals surface area contributed by atoms with Crippen LogP contribution in [0.25, 0.3) is 20.8 Å². The van der Waals surface area contributed by atoms with E-state index in [2.05, 4.69) is 15.6 Å². The predicted octanol–water partition coefficient (Wildman–Crippen LogP) is 2.87. The lowest BCUT2D eigenvalue weighted by molar-refractivity contribution is -0.0557. The van der Waals surface area contributed by atoms with Gasteiger partial charge in [0.2, 0.25) is 5.95 Å². The SMILES string of the molecule is Cc1nc(NC2CC2)nc(N[C@@H]2C[C@H](CS(C)(=O)=O)[C@@H](O)[C@@]2(C)O)c1-c1nc2c(C3CC3)nccc2s1. The number of aromatic nitrogens is 4. The molecule has 0 spiro atoms. The van der Waals surface area contributed by atoms with Crippen LogP contribution in [0.2, 0.25) is 0 Å². The van der Waals surface area contributed by atoms with Crippen molar-refractivity contribution in [3.63, 3.8) is 0 Å². The largest absolute Gasteiger partial charge is 0.390 e. The van der Waals surface area contributed by atoms with Crippen LogP contribution in [0.4, 0.5) is 11.8 Å². The number of fused-ring (bicyclic) bond motifs is 1. The summed E-state index contributed by atoms with van der Waals surface area (Å²) < 4.78 is 25.0. The van der Waals surface area contributed by atoms with Gasteiger partial charge in [-0.2, -0.15) is 4.98 Å². The zero-order valence-electron chi connectivity index (χ0n) is 21.1. The van der Waals surface area contributed by atoms with Crippen LogP contribution in [-0.2, 0) is 9.84 Å². The molecule has 4 N–H and O–H groups in total. The normalized spacial score (nSPS) is 28.1. The van der Waals surface area contributed by atoms with Gasteiger partial charge in [0, 0.05) is 30.3 Å². The lowest BCUT2D eigenvalue weighted by atomic mass is 9.97. The van der Waals surface area contributed by atoms with E-state index in [4.69, 9.17) is 15.0 Å². The highest BCUT2D eigenvalue weighted by Crippen LogP contribution is 2.45. The first-order chi connectivity index (χ1) is 17.5. The van der Waals surface area contributed by atoms with Gasteiger partial charge < -0.3 is 20.8 Å². The van der Waals surface area contributed by atoms with Crippen LogP contribution >= 0.6 is 11.3 Å². The van der Waals surface area contributed by atoms with Crippen LogP contribution in [0.5, 0.6) is 0 Å². The topological polar surface area (TPSA) is 150 Å². The van der Waals surface area contributed by atoms with Gasteiger partial charge in [-0.05, 0) is 52.0 Å². The molecule has 0 unspecified atom stereocenters. The maximum absolute atomic E-state index is 12.0. The summed E-state index contributed by atoms with van der Waals surface area (Å²) in [6.45, 7) is 3.46. The van der Waals surface area contributed by atoms with Crippen molar-refractivity contribution in [2.24, 2.45) is 5.92 Å². The van der Waals surface area contributed by atoms with Gasteiger partial charge in [0.05, 0.1) is 39.5 Å². The van der Waals surface area contributed by atoms with Crippen LogP contribution in [0, 0.1) is 12.8 Å². The van der Waals surface area contributed by atoms with Crippen molar-refractivity contribution >= 4 is 43.2 Å². The van der Waals surface area contributed by atoms with Crippen molar-refractivity contribution in [2.45, 2.75) is 75.7 Å². The number of aliphatic hydroxyl groups is 2. The molecule has 3 aromatic heterocycles. The van der Waals surface area contributed by atoms with Crippen LogP contribution in [0.15, 0.2) is 12.3 Å². The molecule has 3 aliphatic carbocycles. The fourth-order valence-electron chi connectivity index (χ4n) is 5.32. The fourth-order valence-corrected chi connectivity index (χ4v) is 7.48. The summed E-state index contributed by atoms with van der Waals surface area (Å²) >= 11 is 1.55. The lowest BCUT2D eigenvalue weighted by Gasteiger charge is -2.30. The van der Waals surface area contributed by atoms with Crippen molar-refractivity contribution in [2.75, 3.05) is 22.6 Å². The second-order valence-corrected chi connectivity index (χ2v) is 14.3. The molecule has 12 heteroatoms.